The van der Waals surface area contributed by atoms with Crippen LogP contribution < -0.4 is 10.2 Å². The molecule has 3 amide bonds. The van der Waals surface area contributed by atoms with Crippen molar-refractivity contribution in [3.8, 4) is 0 Å². The van der Waals surface area contributed by atoms with Crippen LogP contribution in [-0.4, -0.2) is 40.7 Å². The van der Waals surface area contributed by atoms with E-state index in [-0.39, 0.29) is 30.8 Å². The van der Waals surface area contributed by atoms with E-state index in [1.54, 1.807) is 17.9 Å². The maximum absolute atomic E-state index is 13.6. The van der Waals surface area contributed by atoms with Gasteiger partial charge < -0.3 is 10.2 Å². The van der Waals surface area contributed by atoms with E-state index in [4.69, 9.17) is 0 Å². The fourth-order valence-corrected chi connectivity index (χ4v) is 4.47. The normalized spacial score (nSPS) is 13.8. The molecule has 3 aromatic rings. The van der Waals surface area contributed by atoms with Gasteiger partial charge in [-0.3, -0.25) is 19.3 Å². The van der Waals surface area contributed by atoms with E-state index in [2.05, 4.69) is 21.2 Å². The van der Waals surface area contributed by atoms with Gasteiger partial charge in [-0.15, -0.1) is 0 Å². The lowest BCUT2D eigenvalue weighted by Gasteiger charge is -2.32. The summed E-state index contributed by atoms with van der Waals surface area (Å²) in [6.07, 6.45) is 0. The van der Waals surface area contributed by atoms with Crippen molar-refractivity contribution in [2.75, 3.05) is 11.4 Å². The van der Waals surface area contributed by atoms with Gasteiger partial charge in [-0.2, -0.15) is 0 Å². The lowest BCUT2D eigenvalue weighted by molar-refractivity contribution is -0.140. The molecule has 4 rings (SSSR count). The molecular formula is C27H28BrN3O3. The number of benzene rings is 3. The lowest BCUT2D eigenvalue weighted by atomic mass is 10.1. The second kappa shape index (κ2) is 9.22. The standard InChI is InChI=1S/C27H28BrN3O3/c1-17(25(33)29-27(2,3)4)30(15-18-11-13-20(28)14-12-18)23(32)16-31-22-10-6-8-19-7-5-9-21(24(19)22)26(31)34/h5-14,17H,15-16H2,1-4H3,(H,29,33)/t17-/m1/s1. The summed E-state index contributed by atoms with van der Waals surface area (Å²) < 4.78 is 0.932. The minimum atomic E-state index is -0.716. The molecule has 6 nitrogen and oxygen atoms in total. The van der Waals surface area contributed by atoms with Gasteiger partial charge in [0.05, 0.1) is 5.69 Å². The predicted molar refractivity (Wildman–Crippen MR) is 138 cm³/mol. The molecule has 0 unspecified atom stereocenters. The van der Waals surface area contributed by atoms with E-state index in [9.17, 15) is 14.4 Å². The molecule has 1 heterocycles. The van der Waals surface area contributed by atoms with Gasteiger partial charge in [-0.05, 0) is 62.9 Å². The molecule has 0 bridgehead atoms. The highest BCUT2D eigenvalue weighted by Gasteiger charge is 2.34. The molecule has 1 atom stereocenters. The van der Waals surface area contributed by atoms with E-state index in [1.807, 2.05) is 75.4 Å². The molecule has 0 radical (unpaired) electrons. The first-order valence-electron chi connectivity index (χ1n) is 11.2. The largest absolute Gasteiger partial charge is 0.350 e. The number of halogens is 1. The molecule has 3 aromatic carbocycles. The number of carbonyl (C=O) groups is 3. The topological polar surface area (TPSA) is 69.7 Å². The Morgan fingerprint density at radius 2 is 1.68 bits per heavy atom. The van der Waals surface area contributed by atoms with Crippen LogP contribution in [0, 0.1) is 0 Å². The molecule has 1 N–H and O–H groups in total. The van der Waals surface area contributed by atoms with Gasteiger partial charge in [0, 0.05) is 27.5 Å². The molecule has 0 aliphatic carbocycles. The van der Waals surface area contributed by atoms with Crippen molar-refractivity contribution in [2.45, 2.75) is 45.8 Å². The fraction of sp³-hybridized carbons (Fsp3) is 0.296. The van der Waals surface area contributed by atoms with Crippen molar-refractivity contribution in [1.82, 2.24) is 10.2 Å². The van der Waals surface area contributed by atoms with Crippen molar-refractivity contribution in [1.29, 1.82) is 0 Å². The van der Waals surface area contributed by atoms with Gasteiger partial charge in [0.25, 0.3) is 5.91 Å². The second-order valence-corrected chi connectivity index (χ2v) is 10.6. The van der Waals surface area contributed by atoms with E-state index in [0.717, 1.165) is 26.5 Å². The van der Waals surface area contributed by atoms with Gasteiger partial charge >= 0.3 is 0 Å². The summed E-state index contributed by atoms with van der Waals surface area (Å²) in [4.78, 5) is 42.9. The average Bonchev–Trinajstić information content (AvgIpc) is 3.05. The third kappa shape index (κ3) is 4.85. The summed E-state index contributed by atoms with van der Waals surface area (Å²) >= 11 is 3.43. The van der Waals surface area contributed by atoms with Crippen LogP contribution >= 0.6 is 15.9 Å². The van der Waals surface area contributed by atoms with Gasteiger partial charge in [0.2, 0.25) is 11.8 Å². The quantitative estimate of drug-likeness (QED) is 0.501. The Kier molecular flexibility index (Phi) is 6.49. The Bertz CT molecular complexity index is 1260. The van der Waals surface area contributed by atoms with Crippen LogP contribution in [0.3, 0.4) is 0 Å². The number of hydrogen-bond acceptors (Lipinski definition) is 3. The molecule has 1 aliphatic rings. The number of nitrogens with zero attached hydrogens (tertiary/aromatic N) is 2. The van der Waals surface area contributed by atoms with Gasteiger partial charge in [0.1, 0.15) is 12.6 Å². The molecule has 7 heteroatoms. The lowest BCUT2D eigenvalue weighted by Crippen LogP contribution is -2.54. The van der Waals surface area contributed by atoms with Crippen LogP contribution in [0.1, 0.15) is 43.6 Å². The monoisotopic (exact) mass is 521 g/mol. The summed E-state index contributed by atoms with van der Waals surface area (Å²) in [7, 11) is 0. The Morgan fingerprint density at radius 1 is 1.03 bits per heavy atom. The first-order valence-corrected chi connectivity index (χ1v) is 12.0. The van der Waals surface area contributed by atoms with Crippen LogP contribution in [0.5, 0.6) is 0 Å². The van der Waals surface area contributed by atoms with E-state index >= 15 is 0 Å². The Labute approximate surface area is 208 Å². The third-order valence-electron chi connectivity index (χ3n) is 5.87. The summed E-state index contributed by atoms with van der Waals surface area (Å²) in [6, 6.07) is 18.2. The molecular weight excluding hydrogens is 494 g/mol. The van der Waals surface area contributed by atoms with E-state index < -0.39 is 11.6 Å². The van der Waals surface area contributed by atoms with Gasteiger partial charge in [-0.1, -0.05) is 52.3 Å². The van der Waals surface area contributed by atoms with Crippen LogP contribution in [0.25, 0.3) is 10.8 Å². The molecule has 0 saturated heterocycles. The van der Waals surface area contributed by atoms with Crippen molar-refractivity contribution in [3.05, 3.63) is 76.3 Å². The minimum absolute atomic E-state index is 0.143. The van der Waals surface area contributed by atoms with Crippen molar-refractivity contribution >= 4 is 50.1 Å². The fourth-order valence-electron chi connectivity index (χ4n) is 4.21. The number of amides is 3. The summed E-state index contributed by atoms with van der Waals surface area (Å²) in [5.41, 5.74) is 1.78. The molecule has 0 fully saturated rings. The van der Waals surface area contributed by atoms with Gasteiger partial charge in [-0.25, -0.2) is 0 Å². The Balaban J connectivity index is 1.63. The number of rotatable bonds is 6. The second-order valence-electron chi connectivity index (χ2n) is 9.64. The third-order valence-corrected chi connectivity index (χ3v) is 6.40. The number of carbonyl (C=O) groups excluding carboxylic acids is 3. The van der Waals surface area contributed by atoms with Gasteiger partial charge in [0.15, 0.2) is 0 Å². The van der Waals surface area contributed by atoms with E-state index in [1.165, 1.54) is 4.90 Å². The SMILES string of the molecule is C[C@H](C(=O)NC(C)(C)C)N(Cc1ccc(Br)cc1)C(=O)CN1C(=O)c2cccc3cccc1c23. The van der Waals surface area contributed by atoms with Crippen molar-refractivity contribution in [2.24, 2.45) is 0 Å². The highest BCUT2D eigenvalue weighted by molar-refractivity contribution is 9.10. The van der Waals surface area contributed by atoms with Crippen molar-refractivity contribution < 1.29 is 14.4 Å². The summed E-state index contributed by atoms with van der Waals surface area (Å²) in [6.45, 7) is 7.54. The van der Waals surface area contributed by atoms with Crippen molar-refractivity contribution in [3.63, 3.8) is 0 Å². The van der Waals surface area contributed by atoms with Crippen LogP contribution in [-0.2, 0) is 16.1 Å². The zero-order valence-electron chi connectivity index (χ0n) is 19.8. The Morgan fingerprint density at radius 3 is 2.32 bits per heavy atom. The molecule has 0 saturated carbocycles. The molecule has 1 aliphatic heterocycles. The predicted octanol–water partition coefficient (Wildman–Crippen LogP) is 4.89. The average molecular weight is 522 g/mol. The number of hydrogen-bond donors (Lipinski definition) is 1. The molecule has 0 spiro atoms. The number of anilines is 1. The van der Waals surface area contributed by atoms with E-state index in [0.29, 0.717) is 5.56 Å². The first kappa shape index (κ1) is 24.0. The van der Waals surface area contributed by atoms with Crippen LogP contribution in [0.4, 0.5) is 5.69 Å². The number of nitrogens with one attached hydrogen (secondary N) is 1. The summed E-state index contributed by atoms with van der Waals surface area (Å²) in [5, 5.41) is 4.78. The maximum atomic E-state index is 13.6. The van der Waals surface area contributed by atoms with Crippen LogP contribution in [0.2, 0.25) is 0 Å². The first-order chi connectivity index (χ1) is 16.0. The minimum Gasteiger partial charge on any atom is -0.350 e. The molecule has 34 heavy (non-hydrogen) atoms. The zero-order chi connectivity index (χ0) is 24.6. The Hall–Kier alpha value is -3.19. The molecule has 176 valence electrons. The highest BCUT2D eigenvalue weighted by Crippen LogP contribution is 2.37. The highest BCUT2D eigenvalue weighted by atomic mass is 79.9. The molecule has 0 aromatic heterocycles. The van der Waals surface area contributed by atoms with Crippen LogP contribution in [0.15, 0.2) is 65.1 Å². The maximum Gasteiger partial charge on any atom is 0.259 e. The zero-order valence-corrected chi connectivity index (χ0v) is 21.3. The summed E-state index contributed by atoms with van der Waals surface area (Å²) in [5.74, 6) is -0.732. The smallest absolute Gasteiger partial charge is 0.259 e.